The lowest BCUT2D eigenvalue weighted by Gasteiger charge is -2.08. The van der Waals surface area contributed by atoms with Gasteiger partial charge in [0, 0.05) is 22.0 Å². The molecule has 0 atom stereocenters. The van der Waals surface area contributed by atoms with E-state index in [1.807, 2.05) is 54.6 Å². The van der Waals surface area contributed by atoms with E-state index in [9.17, 15) is 4.79 Å². The van der Waals surface area contributed by atoms with Crippen molar-refractivity contribution >= 4 is 38.3 Å². The molecule has 3 aromatic carbocycles. The van der Waals surface area contributed by atoms with E-state index in [0.717, 1.165) is 27.1 Å². The van der Waals surface area contributed by atoms with Crippen molar-refractivity contribution in [2.45, 2.75) is 13.0 Å². The number of hydrogen-bond acceptors (Lipinski definition) is 5. The van der Waals surface area contributed by atoms with E-state index in [0.29, 0.717) is 17.5 Å². The molecule has 0 saturated carbocycles. The van der Waals surface area contributed by atoms with E-state index in [-0.39, 0.29) is 12.5 Å². The first kappa shape index (κ1) is 22.0. The van der Waals surface area contributed by atoms with Crippen LogP contribution < -0.4 is 14.8 Å². The molecular formula is C25H21BrN2O3S. The summed E-state index contributed by atoms with van der Waals surface area (Å²) in [7, 11) is 0. The van der Waals surface area contributed by atoms with Crippen LogP contribution in [0.4, 0.5) is 5.13 Å². The Labute approximate surface area is 199 Å². The van der Waals surface area contributed by atoms with Gasteiger partial charge in [0.15, 0.2) is 11.7 Å². The van der Waals surface area contributed by atoms with Crippen LogP contribution in [0.3, 0.4) is 0 Å². The van der Waals surface area contributed by atoms with Crippen molar-refractivity contribution in [2.24, 2.45) is 0 Å². The van der Waals surface area contributed by atoms with E-state index in [1.165, 1.54) is 16.9 Å². The number of aromatic nitrogens is 1. The molecular weight excluding hydrogens is 488 g/mol. The van der Waals surface area contributed by atoms with Gasteiger partial charge in [0.25, 0.3) is 5.91 Å². The molecule has 0 fully saturated rings. The number of benzene rings is 3. The SMILES string of the molecule is O=C(COc1ccc(OCc2ccccc2)cc1)Nc1ncc(Cc2ccc(Br)cc2)s1. The van der Waals surface area contributed by atoms with Crippen LogP contribution in [0.2, 0.25) is 0 Å². The predicted octanol–water partition coefficient (Wildman–Crippen LogP) is 6.09. The standard InChI is InChI=1S/C25H21BrN2O3S/c26-20-8-6-18(7-9-20)14-23-15-27-25(32-23)28-24(29)17-31-22-12-10-21(11-13-22)30-16-19-4-2-1-3-5-19/h1-13,15H,14,16-17H2,(H,27,28,29). The number of thiazole rings is 1. The average molecular weight is 509 g/mol. The zero-order chi connectivity index (χ0) is 22.2. The summed E-state index contributed by atoms with van der Waals surface area (Å²) < 4.78 is 12.4. The highest BCUT2D eigenvalue weighted by atomic mass is 79.9. The zero-order valence-electron chi connectivity index (χ0n) is 17.2. The number of halogens is 1. The number of anilines is 1. The molecule has 0 radical (unpaired) electrons. The van der Waals surface area contributed by atoms with Crippen molar-refractivity contribution in [3.63, 3.8) is 0 Å². The van der Waals surface area contributed by atoms with E-state index >= 15 is 0 Å². The number of carbonyl (C=O) groups excluding carboxylic acids is 1. The molecule has 7 heteroatoms. The van der Waals surface area contributed by atoms with Crippen molar-refractivity contribution in [3.8, 4) is 11.5 Å². The topological polar surface area (TPSA) is 60.5 Å². The summed E-state index contributed by atoms with van der Waals surface area (Å²) in [6, 6.07) is 25.3. The Morgan fingerprint density at radius 2 is 1.56 bits per heavy atom. The molecule has 0 aliphatic rings. The van der Waals surface area contributed by atoms with Crippen molar-refractivity contribution in [2.75, 3.05) is 11.9 Å². The number of carbonyl (C=O) groups is 1. The Morgan fingerprint density at radius 1 is 0.875 bits per heavy atom. The van der Waals surface area contributed by atoms with Crippen molar-refractivity contribution in [3.05, 3.63) is 106 Å². The average Bonchev–Trinajstić information content (AvgIpc) is 3.26. The molecule has 0 aliphatic heterocycles. The van der Waals surface area contributed by atoms with Gasteiger partial charge in [-0.2, -0.15) is 0 Å². The first-order valence-corrected chi connectivity index (χ1v) is 11.6. The van der Waals surface area contributed by atoms with Crippen LogP contribution in [0.25, 0.3) is 0 Å². The van der Waals surface area contributed by atoms with Crippen LogP contribution in [-0.2, 0) is 17.8 Å². The van der Waals surface area contributed by atoms with Gasteiger partial charge in [-0.25, -0.2) is 4.98 Å². The van der Waals surface area contributed by atoms with Gasteiger partial charge in [-0.15, -0.1) is 11.3 Å². The molecule has 5 nitrogen and oxygen atoms in total. The minimum Gasteiger partial charge on any atom is -0.489 e. The van der Waals surface area contributed by atoms with Crippen molar-refractivity contribution in [1.29, 1.82) is 0 Å². The van der Waals surface area contributed by atoms with Gasteiger partial charge < -0.3 is 9.47 Å². The number of ether oxygens (including phenoxy) is 2. The van der Waals surface area contributed by atoms with Crippen LogP contribution >= 0.6 is 27.3 Å². The molecule has 0 saturated heterocycles. The molecule has 1 amide bonds. The molecule has 4 aromatic rings. The Morgan fingerprint density at radius 3 is 2.28 bits per heavy atom. The van der Waals surface area contributed by atoms with Crippen molar-refractivity contribution in [1.82, 2.24) is 4.98 Å². The van der Waals surface area contributed by atoms with Crippen LogP contribution in [-0.4, -0.2) is 17.5 Å². The van der Waals surface area contributed by atoms with Gasteiger partial charge in [0.2, 0.25) is 0 Å². The predicted molar refractivity (Wildman–Crippen MR) is 130 cm³/mol. The number of nitrogens with zero attached hydrogens (tertiary/aromatic N) is 1. The Hall–Kier alpha value is -3.16. The summed E-state index contributed by atoms with van der Waals surface area (Å²) in [6.45, 7) is 0.410. The summed E-state index contributed by atoms with van der Waals surface area (Å²) in [4.78, 5) is 17.6. The maximum atomic E-state index is 12.2. The first-order chi connectivity index (χ1) is 15.6. The van der Waals surface area contributed by atoms with Gasteiger partial charge in [-0.05, 0) is 47.5 Å². The minimum absolute atomic E-state index is 0.0914. The summed E-state index contributed by atoms with van der Waals surface area (Å²) in [6.07, 6.45) is 2.56. The first-order valence-electron chi connectivity index (χ1n) is 10.0. The molecule has 0 spiro atoms. The molecule has 0 unspecified atom stereocenters. The number of amides is 1. The Balaban J connectivity index is 1.21. The largest absolute Gasteiger partial charge is 0.489 e. The zero-order valence-corrected chi connectivity index (χ0v) is 19.6. The van der Waals surface area contributed by atoms with Crippen molar-refractivity contribution < 1.29 is 14.3 Å². The van der Waals surface area contributed by atoms with Crippen LogP contribution in [0, 0.1) is 0 Å². The molecule has 4 rings (SSSR count). The van der Waals surface area contributed by atoms with E-state index in [4.69, 9.17) is 9.47 Å². The fourth-order valence-electron chi connectivity index (χ4n) is 2.93. The second-order valence-electron chi connectivity index (χ2n) is 7.02. The molecule has 162 valence electrons. The second kappa shape index (κ2) is 10.9. The van der Waals surface area contributed by atoms with Gasteiger partial charge in [-0.1, -0.05) is 58.4 Å². The highest BCUT2D eigenvalue weighted by Gasteiger charge is 2.09. The second-order valence-corrected chi connectivity index (χ2v) is 9.05. The Kier molecular flexibility index (Phi) is 7.53. The third-order valence-electron chi connectivity index (χ3n) is 4.53. The molecule has 1 heterocycles. The lowest BCUT2D eigenvalue weighted by atomic mass is 10.1. The van der Waals surface area contributed by atoms with E-state index in [2.05, 4.69) is 38.4 Å². The normalized spacial score (nSPS) is 10.5. The molecule has 1 N–H and O–H groups in total. The third-order valence-corrected chi connectivity index (χ3v) is 5.97. The maximum Gasteiger partial charge on any atom is 0.264 e. The molecule has 0 aliphatic carbocycles. The summed E-state index contributed by atoms with van der Waals surface area (Å²) in [5, 5.41) is 3.35. The van der Waals surface area contributed by atoms with Gasteiger partial charge in [0.1, 0.15) is 18.1 Å². The van der Waals surface area contributed by atoms with E-state index in [1.54, 1.807) is 18.3 Å². The smallest absolute Gasteiger partial charge is 0.264 e. The highest BCUT2D eigenvalue weighted by molar-refractivity contribution is 9.10. The number of rotatable bonds is 9. The molecule has 0 bridgehead atoms. The molecule has 32 heavy (non-hydrogen) atoms. The summed E-state index contributed by atoms with van der Waals surface area (Å²) in [5.74, 6) is 1.09. The lowest BCUT2D eigenvalue weighted by molar-refractivity contribution is -0.118. The third kappa shape index (κ3) is 6.67. The lowest BCUT2D eigenvalue weighted by Crippen LogP contribution is -2.19. The minimum atomic E-state index is -0.251. The van der Waals surface area contributed by atoms with Crippen LogP contribution in [0.5, 0.6) is 11.5 Å². The summed E-state index contributed by atoms with van der Waals surface area (Å²) in [5.41, 5.74) is 2.29. The summed E-state index contributed by atoms with van der Waals surface area (Å²) >= 11 is 4.90. The fourth-order valence-corrected chi connectivity index (χ4v) is 4.05. The fraction of sp³-hybridized carbons (Fsp3) is 0.120. The number of nitrogens with one attached hydrogen (secondary N) is 1. The highest BCUT2D eigenvalue weighted by Crippen LogP contribution is 2.22. The molecule has 1 aromatic heterocycles. The Bertz CT molecular complexity index is 1150. The number of hydrogen-bond donors (Lipinski definition) is 1. The maximum absolute atomic E-state index is 12.2. The van der Waals surface area contributed by atoms with Gasteiger partial charge in [-0.3, -0.25) is 10.1 Å². The van der Waals surface area contributed by atoms with Crippen LogP contribution in [0.15, 0.2) is 89.5 Å². The van der Waals surface area contributed by atoms with Gasteiger partial charge >= 0.3 is 0 Å². The van der Waals surface area contributed by atoms with Gasteiger partial charge in [0.05, 0.1) is 0 Å². The van der Waals surface area contributed by atoms with E-state index < -0.39 is 0 Å². The van der Waals surface area contributed by atoms with Crippen LogP contribution in [0.1, 0.15) is 16.0 Å². The quantitative estimate of drug-likeness (QED) is 0.297. The monoisotopic (exact) mass is 508 g/mol.